The van der Waals surface area contributed by atoms with Crippen molar-refractivity contribution < 1.29 is 9.63 Å². The molecule has 19 heavy (non-hydrogen) atoms. The molecule has 3 aromatic rings. The van der Waals surface area contributed by atoms with Crippen LogP contribution in [0.4, 0.5) is 0 Å². The van der Waals surface area contributed by atoms with Crippen molar-refractivity contribution >= 4 is 11.6 Å². The van der Waals surface area contributed by atoms with Crippen LogP contribution in [-0.2, 0) is 0 Å². The zero-order chi connectivity index (χ0) is 13.2. The van der Waals surface area contributed by atoms with Crippen molar-refractivity contribution in [3.8, 4) is 28.6 Å². The van der Waals surface area contributed by atoms with E-state index in [2.05, 4.69) is 10.1 Å². The third-order valence-electron chi connectivity index (χ3n) is 2.64. The zero-order valence-corrected chi connectivity index (χ0v) is 10.5. The van der Waals surface area contributed by atoms with Gasteiger partial charge in [0, 0.05) is 10.6 Å². The van der Waals surface area contributed by atoms with Gasteiger partial charge >= 0.3 is 0 Å². The summed E-state index contributed by atoms with van der Waals surface area (Å²) in [6, 6.07) is 14.0. The molecule has 0 fully saturated rings. The van der Waals surface area contributed by atoms with Gasteiger partial charge in [0.15, 0.2) is 0 Å². The van der Waals surface area contributed by atoms with Gasteiger partial charge in [-0.2, -0.15) is 4.98 Å². The lowest BCUT2D eigenvalue weighted by molar-refractivity contribution is 0.426. The molecule has 5 heteroatoms. The lowest BCUT2D eigenvalue weighted by atomic mass is 10.2. The van der Waals surface area contributed by atoms with E-state index >= 15 is 0 Å². The molecule has 0 saturated heterocycles. The molecule has 3 rings (SSSR count). The molecule has 0 amide bonds. The van der Waals surface area contributed by atoms with E-state index in [1.54, 1.807) is 36.4 Å². The van der Waals surface area contributed by atoms with E-state index in [1.807, 2.05) is 12.1 Å². The Bertz CT molecular complexity index is 725. The van der Waals surface area contributed by atoms with Gasteiger partial charge in [0.05, 0.1) is 5.56 Å². The van der Waals surface area contributed by atoms with Gasteiger partial charge in [0.1, 0.15) is 5.75 Å². The summed E-state index contributed by atoms with van der Waals surface area (Å²) in [5.74, 6) is 0.803. The van der Waals surface area contributed by atoms with E-state index in [4.69, 9.17) is 16.1 Å². The molecule has 0 aliphatic heterocycles. The Morgan fingerprint density at radius 2 is 1.89 bits per heavy atom. The highest BCUT2D eigenvalue weighted by atomic mass is 35.5. The Labute approximate surface area is 114 Å². The Hall–Kier alpha value is -2.33. The van der Waals surface area contributed by atoms with Gasteiger partial charge in [0.25, 0.3) is 5.89 Å². The van der Waals surface area contributed by atoms with Gasteiger partial charge in [0.2, 0.25) is 5.82 Å². The number of benzene rings is 2. The standard InChI is InChI=1S/C14H9ClN2O2/c15-10-5-3-4-9(8-10)13-16-14(19-17-13)11-6-1-2-7-12(11)18/h1-8,18H. The fourth-order valence-electron chi connectivity index (χ4n) is 1.73. The van der Waals surface area contributed by atoms with E-state index in [0.717, 1.165) is 5.56 Å². The van der Waals surface area contributed by atoms with Crippen molar-refractivity contribution in [1.29, 1.82) is 0 Å². The molecule has 94 valence electrons. The molecule has 0 saturated carbocycles. The minimum absolute atomic E-state index is 0.101. The molecule has 0 radical (unpaired) electrons. The maximum Gasteiger partial charge on any atom is 0.261 e. The predicted molar refractivity (Wildman–Crippen MR) is 71.8 cm³/mol. The first kappa shape index (κ1) is 11.7. The predicted octanol–water partition coefficient (Wildman–Crippen LogP) is 3.76. The van der Waals surface area contributed by atoms with Gasteiger partial charge in [-0.3, -0.25) is 0 Å². The number of hydrogen-bond donors (Lipinski definition) is 1. The highest BCUT2D eigenvalue weighted by molar-refractivity contribution is 6.30. The monoisotopic (exact) mass is 272 g/mol. The average Bonchev–Trinajstić information content (AvgIpc) is 2.89. The molecular weight excluding hydrogens is 264 g/mol. The van der Waals surface area contributed by atoms with Crippen LogP contribution in [0.2, 0.25) is 5.02 Å². The Balaban J connectivity index is 2.03. The first-order chi connectivity index (χ1) is 9.24. The van der Waals surface area contributed by atoms with Crippen LogP contribution in [0, 0.1) is 0 Å². The summed E-state index contributed by atoms with van der Waals surface area (Å²) < 4.78 is 5.16. The molecule has 0 aliphatic carbocycles. The van der Waals surface area contributed by atoms with Crippen LogP contribution in [0.5, 0.6) is 5.75 Å². The van der Waals surface area contributed by atoms with E-state index in [-0.39, 0.29) is 11.6 Å². The van der Waals surface area contributed by atoms with Crippen molar-refractivity contribution in [2.24, 2.45) is 0 Å². The fraction of sp³-hybridized carbons (Fsp3) is 0. The Kier molecular flexibility index (Phi) is 2.93. The first-order valence-corrected chi connectivity index (χ1v) is 6.00. The summed E-state index contributed by atoms with van der Waals surface area (Å²) in [6.07, 6.45) is 0. The van der Waals surface area contributed by atoms with Crippen LogP contribution in [0.15, 0.2) is 53.1 Å². The quantitative estimate of drug-likeness (QED) is 0.771. The molecule has 0 atom stereocenters. The van der Waals surface area contributed by atoms with Crippen molar-refractivity contribution in [3.63, 3.8) is 0 Å². The largest absolute Gasteiger partial charge is 0.507 e. The Morgan fingerprint density at radius 3 is 2.68 bits per heavy atom. The second-order valence-electron chi connectivity index (χ2n) is 3.95. The third-order valence-corrected chi connectivity index (χ3v) is 2.88. The van der Waals surface area contributed by atoms with Gasteiger partial charge in [-0.05, 0) is 24.3 Å². The minimum Gasteiger partial charge on any atom is -0.507 e. The number of para-hydroxylation sites is 1. The first-order valence-electron chi connectivity index (χ1n) is 5.62. The number of hydrogen-bond acceptors (Lipinski definition) is 4. The van der Waals surface area contributed by atoms with Crippen molar-refractivity contribution in [2.45, 2.75) is 0 Å². The number of halogens is 1. The molecule has 1 N–H and O–H groups in total. The number of phenols is 1. The highest BCUT2D eigenvalue weighted by Crippen LogP contribution is 2.29. The van der Waals surface area contributed by atoms with E-state index in [9.17, 15) is 5.11 Å². The molecule has 4 nitrogen and oxygen atoms in total. The number of rotatable bonds is 2. The van der Waals surface area contributed by atoms with Crippen LogP contribution in [0.1, 0.15) is 0 Å². The number of aromatic hydroxyl groups is 1. The van der Waals surface area contributed by atoms with Crippen molar-refractivity contribution in [2.75, 3.05) is 0 Å². The molecule has 0 unspecified atom stereocenters. The zero-order valence-electron chi connectivity index (χ0n) is 9.75. The molecule has 2 aromatic carbocycles. The van der Waals surface area contributed by atoms with Crippen LogP contribution in [0.3, 0.4) is 0 Å². The van der Waals surface area contributed by atoms with Crippen molar-refractivity contribution in [1.82, 2.24) is 10.1 Å². The van der Waals surface area contributed by atoms with E-state index in [1.165, 1.54) is 0 Å². The topological polar surface area (TPSA) is 59.2 Å². The molecule has 1 heterocycles. The molecular formula is C14H9ClN2O2. The number of phenolic OH excluding ortho intramolecular Hbond substituents is 1. The van der Waals surface area contributed by atoms with Gasteiger partial charge in [-0.25, -0.2) is 0 Å². The smallest absolute Gasteiger partial charge is 0.261 e. The van der Waals surface area contributed by atoms with E-state index < -0.39 is 0 Å². The summed E-state index contributed by atoms with van der Waals surface area (Å²) in [5, 5.41) is 14.2. The summed E-state index contributed by atoms with van der Waals surface area (Å²) in [7, 11) is 0. The lowest BCUT2D eigenvalue weighted by Crippen LogP contribution is -1.81. The maximum atomic E-state index is 9.74. The molecule has 0 aliphatic rings. The van der Waals surface area contributed by atoms with Gasteiger partial charge in [-0.1, -0.05) is 41.0 Å². The summed E-state index contributed by atoms with van der Waals surface area (Å²) in [5.41, 5.74) is 1.26. The molecule has 0 spiro atoms. The maximum absolute atomic E-state index is 9.74. The lowest BCUT2D eigenvalue weighted by Gasteiger charge is -1.96. The van der Waals surface area contributed by atoms with Crippen LogP contribution in [-0.4, -0.2) is 15.2 Å². The third kappa shape index (κ3) is 2.30. The van der Waals surface area contributed by atoms with Crippen LogP contribution >= 0.6 is 11.6 Å². The minimum atomic E-state index is 0.101. The van der Waals surface area contributed by atoms with Crippen LogP contribution in [0.25, 0.3) is 22.8 Å². The number of aromatic nitrogens is 2. The highest BCUT2D eigenvalue weighted by Gasteiger charge is 2.13. The van der Waals surface area contributed by atoms with E-state index in [0.29, 0.717) is 16.4 Å². The summed E-state index contributed by atoms with van der Waals surface area (Å²) >= 11 is 5.92. The van der Waals surface area contributed by atoms with Crippen LogP contribution < -0.4 is 0 Å². The van der Waals surface area contributed by atoms with Gasteiger partial charge in [-0.15, -0.1) is 0 Å². The molecule has 1 aromatic heterocycles. The SMILES string of the molecule is Oc1ccccc1-c1nc(-c2cccc(Cl)c2)no1. The van der Waals surface area contributed by atoms with Crippen molar-refractivity contribution in [3.05, 3.63) is 53.6 Å². The second kappa shape index (κ2) is 4.74. The summed E-state index contributed by atoms with van der Waals surface area (Å²) in [6.45, 7) is 0. The van der Waals surface area contributed by atoms with Gasteiger partial charge < -0.3 is 9.63 Å². The average molecular weight is 273 g/mol. The fourth-order valence-corrected chi connectivity index (χ4v) is 1.92. The number of nitrogens with zero attached hydrogens (tertiary/aromatic N) is 2. The normalized spacial score (nSPS) is 10.6. The Morgan fingerprint density at radius 1 is 1.05 bits per heavy atom. The second-order valence-corrected chi connectivity index (χ2v) is 4.39. The summed E-state index contributed by atoms with van der Waals surface area (Å²) in [4.78, 5) is 4.26. The molecule has 0 bridgehead atoms.